The van der Waals surface area contributed by atoms with Gasteiger partial charge in [0.2, 0.25) is 0 Å². The number of nitrogens with one attached hydrogen (secondary N) is 1. The number of halogens is 1. The topological polar surface area (TPSA) is 12.0 Å². The van der Waals surface area contributed by atoms with Gasteiger partial charge in [0.15, 0.2) is 0 Å². The predicted octanol–water partition coefficient (Wildman–Crippen LogP) is 5.65. The summed E-state index contributed by atoms with van der Waals surface area (Å²) in [7, 11) is 0. The Kier molecular flexibility index (Phi) is 4.26. The van der Waals surface area contributed by atoms with Crippen LogP contribution in [0, 0.1) is 0 Å². The first-order chi connectivity index (χ1) is 10.2. The van der Waals surface area contributed by atoms with Gasteiger partial charge in [-0.2, -0.15) is 0 Å². The highest BCUT2D eigenvalue weighted by molar-refractivity contribution is 9.10. The Balaban J connectivity index is 1.70. The second-order valence-electron chi connectivity index (χ2n) is 5.44. The molecule has 0 saturated heterocycles. The summed E-state index contributed by atoms with van der Waals surface area (Å²) in [6.07, 6.45) is 1.01. The zero-order valence-electron chi connectivity index (χ0n) is 12.0. The van der Waals surface area contributed by atoms with Crippen molar-refractivity contribution in [3.63, 3.8) is 0 Å². The normalized spacial score (nSPS) is 12.3. The van der Waals surface area contributed by atoms with Gasteiger partial charge >= 0.3 is 0 Å². The molecule has 0 amide bonds. The Morgan fingerprint density at radius 3 is 2.38 bits per heavy atom. The van der Waals surface area contributed by atoms with Crippen LogP contribution in [0.1, 0.15) is 12.5 Å². The van der Waals surface area contributed by atoms with Crippen LogP contribution in [0.25, 0.3) is 10.8 Å². The first-order valence-electron chi connectivity index (χ1n) is 7.20. The van der Waals surface area contributed by atoms with E-state index in [1.807, 2.05) is 0 Å². The smallest absolute Gasteiger partial charge is 0.0348 e. The van der Waals surface area contributed by atoms with Gasteiger partial charge in [0.1, 0.15) is 0 Å². The number of fused-ring (bicyclic) bond motifs is 1. The molecule has 0 aromatic heterocycles. The minimum absolute atomic E-state index is 0.396. The number of hydrogen-bond donors (Lipinski definition) is 1. The highest BCUT2D eigenvalue weighted by Gasteiger charge is 2.04. The number of hydrogen-bond acceptors (Lipinski definition) is 1. The Labute approximate surface area is 134 Å². The van der Waals surface area contributed by atoms with Crippen molar-refractivity contribution in [3.05, 3.63) is 76.8 Å². The quantitative estimate of drug-likeness (QED) is 0.647. The molecule has 0 aliphatic carbocycles. The average molecular weight is 340 g/mol. The first-order valence-corrected chi connectivity index (χ1v) is 8.00. The van der Waals surface area contributed by atoms with Gasteiger partial charge < -0.3 is 5.32 Å². The Bertz CT molecular complexity index is 734. The molecule has 106 valence electrons. The minimum Gasteiger partial charge on any atom is -0.382 e. The highest BCUT2D eigenvalue weighted by Crippen LogP contribution is 2.20. The van der Waals surface area contributed by atoms with Crippen LogP contribution in [-0.4, -0.2) is 6.04 Å². The van der Waals surface area contributed by atoms with Crippen LogP contribution in [0.3, 0.4) is 0 Å². The van der Waals surface area contributed by atoms with E-state index in [1.54, 1.807) is 0 Å². The van der Waals surface area contributed by atoms with Crippen LogP contribution >= 0.6 is 15.9 Å². The van der Waals surface area contributed by atoms with Crippen molar-refractivity contribution in [2.24, 2.45) is 0 Å². The molecule has 1 unspecified atom stereocenters. The molecule has 21 heavy (non-hydrogen) atoms. The van der Waals surface area contributed by atoms with Crippen molar-refractivity contribution < 1.29 is 0 Å². The maximum Gasteiger partial charge on any atom is 0.0348 e. The monoisotopic (exact) mass is 339 g/mol. The lowest BCUT2D eigenvalue weighted by Crippen LogP contribution is -2.17. The van der Waals surface area contributed by atoms with E-state index >= 15 is 0 Å². The number of anilines is 1. The molecule has 0 spiro atoms. The second-order valence-corrected chi connectivity index (χ2v) is 6.35. The summed E-state index contributed by atoms with van der Waals surface area (Å²) in [5.74, 6) is 0. The van der Waals surface area contributed by atoms with Gasteiger partial charge in [0.05, 0.1) is 0 Å². The van der Waals surface area contributed by atoms with E-state index in [0.29, 0.717) is 6.04 Å². The van der Waals surface area contributed by atoms with Crippen molar-refractivity contribution >= 4 is 32.4 Å². The van der Waals surface area contributed by atoms with Gasteiger partial charge in [-0.3, -0.25) is 0 Å². The van der Waals surface area contributed by atoms with Crippen LogP contribution in [0.2, 0.25) is 0 Å². The molecule has 2 heteroatoms. The summed E-state index contributed by atoms with van der Waals surface area (Å²) in [5, 5.41) is 6.14. The van der Waals surface area contributed by atoms with E-state index in [9.17, 15) is 0 Å². The van der Waals surface area contributed by atoms with E-state index in [0.717, 1.165) is 10.9 Å². The van der Waals surface area contributed by atoms with E-state index in [1.165, 1.54) is 22.0 Å². The van der Waals surface area contributed by atoms with Gasteiger partial charge in [0, 0.05) is 16.2 Å². The third kappa shape index (κ3) is 3.64. The fourth-order valence-electron chi connectivity index (χ4n) is 2.59. The van der Waals surface area contributed by atoms with Gasteiger partial charge in [-0.05, 0) is 53.9 Å². The average Bonchev–Trinajstić information content (AvgIpc) is 2.49. The maximum absolute atomic E-state index is 3.59. The van der Waals surface area contributed by atoms with E-state index < -0.39 is 0 Å². The van der Waals surface area contributed by atoms with Gasteiger partial charge in [0.25, 0.3) is 0 Å². The summed E-state index contributed by atoms with van der Waals surface area (Å²) in [6.45, 7) is 2.22. The second kappa shape index (κ2) is 6.31. The molecule has 0 saturated carbocycles. The van der Waals surface area contributed by atoms with Crippen LogP contribution in [-0.2, 0) is 6.42 Å². The molecule has 3 rings (SSSR count). The SMILES string of the molecule is CC(Cc1ccc(Br)cc1)Nc1ccc2ccccc2c1. The summed E-state index contributed by atoms with van der Waals surface area (Å²) in [6, 6.07) is 23.9. The van der Waals surface area contributed by atoms with E-state index in [-0.39, 0.29) is 0 Å². The molecule has 0 heterocycles. The summed E-state index contributed by atoms with van der Waals surface area (Å²) < 4.78 is 1.13. The maximum atomic E-state index is 3.59. The molecular weight excluding hydrogens is 322 g/mol. The largest absolute Gasteiger partial charge is 0.382 e. The Hall–Kier alpha value is -1.80. The molecule has 0 radical (unpaired) electrons. The van der Waals surface area contributed by atoms with Crippen molar-refractivity contribution in [1.29, 1.82) is 0 Å². The van der Waals surface area contributed by atoms with Crippen molar-refractivity contribution in [2.45, 2.75) is 19.4 Å². The molecule has 1 N–H and O–H groups in total. The fourth-order valence-corrected chi connectivity index (χ4v) is 2.85. The molecule has 1 atom stereocenters. The lowest BCUT2D eigenvalue weighted by Gasteiger charge is -2.16. The molecule has 3 aromatic carbocycles. The first kappa shape index (κ1) is 14.2. The number of rotatable bonds is 4. The zero-order chi connectivity index (χ0) is 14.7. The number of benzene rings is 3. The van der Waals surface area contributed by atoms with E-state index in [4.69, 9.17) is 0 Å². The molecule has 0 aliphatic rings. The van der Waals surface area contributed by atoms with Crippen molar-refractivity contribution in [1.82, 2.24) is 0 Å². The lowest BCUT2D eigenvalue weighted by molar-refractivity contribution is 0.790. The third-order valence-electron chi connectivity index (χ3n) is 3.62. The van der Waals surface area contributed by atoms with E-state index in [2.05, 4.69) is 94.9 Å². The van der Waals surface area contributed by atoms with Crippen molar-refractivity contribution in [2.75, 3.05) is 5.32 Å². The van der Waals surface area contributed by atoms with Gasteiger partial charge in [-0.15, -0.1) is 0 Å². The third-order valence-corrected chi connectivity index (χ3v) is 4.15. The van der Waals surface area contributed by atoms with Crippen molar-refractivity contribution in [3.8, 4) is 0 Å². The molecule has 0 aliphatic heterocycles. The summed E-state index contributed by atoms with van der Waals surface area (Å²) in [4.78, 5) is 0. The van der Waals surface area contributed by atoms with Crippen LogP contribution in [0.5, 0.6) is 0 Å². The molecule has 0 fully saturated rings. The molecule has 1 nitrogen and oxygen atoms in total. The van der Waals surface area contributed by atoms with Gasteiger partial charge in [-0.1, -0.05) is 58.4 Å². The minimum atomic E-state index is 0.396. The summed E-state index contributed by atoms with van der Waals surface area (Å²) in [5.41, 5.74) is 2.53. The fraction of sp³-hybridized carbons (Fsp3) is 0.158. The Morgan fingerprint density at radius 1 is 0.905 bits per heavy atom. The molecular formula is C19H18BrN. The standard InChI is InChI=1S/C19H18BrN/c1-14(12-15-6-9-18(20)10-7-15)21-19-11-8-16-4-2-3-5-17(16)13-19/h2-11,13-14,21H,12H2,1H3. The predicted molar refractivity (Wildman–Crippen MR) is 94.9 cm³/mol. The Morgan fingerprint density at radius 2 is 1.62 bits per heavy atom. The highest BCUT2D eigenvalue weighted by atomic mass is 79.9. The summed E-state index contributed by atoms with van der Waals surface area (Å²) >= 11 is 3.47. The lowest BCUT2D eigenvalue weighted by atomic mass is 10.1. The molecule has 0 bridgehead atoms. The van der Waals surface area contributed by atoms with Crippen LogP contribution in [0.4, 0.5) is 5.69 Å². The van der Waals surface area contributed by atoms with Crippen LogP contribution < -0.4 is 5.32 Å². The zero-order valence-corrected chi connectivity index (χ0v) is 13.6. The molecule has 3 aromatic rings. The van der Waals surface area contributed by atoms with Crippen LogP contribution in [0.15, 0.2) is 71.2 Å². The van der Waals surface area contributed by atoms with Gasteiger partial charge in [-0.25, -0.2) is 0 Å².